The lowest BCUT2D eigenvalue weighted by Crippen LogP contribution is -2.47. The number of benzene rings is 4. The number of rotatable bonds is 11. The predicted octanol–water partition coefficient (Wildman–Crippen LogP) is 6.12. The maximum absolute atomic E-state index is 13.8. The van der Waals surface area contributed by atoms with Crippen molar-refractivity contribution < 1.29 is 27.8 Å². The molecule has 2 amide bonds. The van der Waals surface area contributed by atoms with E-state index in [0.29, 0.717) is 33.7 Å². The molecular formula is C32H27F2N3O4. The highest BCUT2D eigenvalue weighted by Gasteiger charge is 2.22. The number of hydrogen-bond donors (Lipinski definition) is 3. The molecule has 41 heavy (non-hydrogen) atoms. The van der Waals surface area contributed by atoms with Crippen LogP contribution in [0.4, 0.5) is 14.5 Å². The van der Waals surface area contributed by atoms with Crippen LogP contribution in [-0.4, -0.2) is 29.4 Å². The lowest BCUT2D eigenvalue weighted by atomic mass is 10.1. The van der Waals surface area contributed by atoms with E-state index < -0.39 is 23.7 Å². The topological polar surface area (TPSA) is 92.5 Å². The summed E-state index contributed by atoms with van der Waals surface area (Å²) in [5.74, 6) is -0.676. The van der Waals surface area contributed by atoms with E-state index in [1.54, 1.807) is 36.5 Å². The third kappa shape index (κ3) is 7.55. The first-order valence-electron chi connectivity index (χ1n) is 12.9. The number of ether oxygens (including phenoxy) is 2. The standard InChI is InChI=1S/C32H27F2N3O4/c33-23-6-11-26(12-7-23)41-27-13-9-25(10-14-27)36-32(39)30(20-40-19-21-4-2-1-3-5-21)37-31(38)16-22-18-35-29-15-8-24(34)17-28(22)29/h1-15,17-18,30,35H,16,19-20H2,(H,36,39)(H,37,38)/t30-/m0/s1. The number of nitrogens with one attached hydrogen (secondary N) is 3. The van der Waals surface area contributed by atoms with Crippen molar-refractivity contribution in [2.24, 2.45) is 0 Å². The van der Waals surface area contributed by atoms with Gasteiger partial charge in [-0.05, 0) is 77.9 Å². The van der Waals surface area contributed by atoms with Gasteiger partial charge in [-0.2, -0.15) is 0 Å². The van der Waals surface area contributed by atoms with Crippen LogP contribution in [0.2, 0.25) is 0 Å². The Balaban J connectivity index is 1.24. The Morgan fingerprint density at radius 1 is 0.829 bits per heavy atom. The molecule has 5 aromatic rings. The summed E-state index contributed by atoms with van der Waals surface area (Å²) in [5.41, 5.74) is 2.73. The van der Waals surface area contributed by atoms with Crippen LogP contribution in [0, 0.1) is 11.6 Å². The Morgan fingerprint density at radius 2 is 1.51 bits per heavy atom. The lowest BCUT2D eigenvalue weighted by molar-refractivity contribution is -0.127. The summed E-state index contributed by atoms with van der Waals surface area (Å²) in [7, 11) is 0. The van der Waals surface area contributed by atoms with Crippen molar-refractivity contribution in [1.29, 1.82) is 0 Å². The smallest absolute Gasteiger partial charge is 0.249 e. The van der Waals surface area contributed by atoms with Crippen molar-refractivity contribution >= 4 is 28.4 Å². The molecule has 0 aliphatic carbocycles. The van der Waals surface area contributed by atoms with Gasteiger partial charge < -0.3 is 25.1 Å². The summed E-state index contributed by atoms with van der Waals surface area (Å²) >= 11 is 0. The van der Waals surface area contributed by atoms with E-state index >= 15 is 0 Å². The van der Waals surface area contributed by atoms with Gasteiger partial charge in [-0.3, -0.25) is 9.59 Å². The van der Waals surface area contributed by atoms with Gasteiger partial charge in [0.25, 0.3) is 0 Å². The number of carbonyl (C=O) groups is 2. The first kappa shape index (κ1) is 27.5. The van der Waals surface area contributed by atoms with Gasteiger partial charge in [-0.25, -0.2) is 8.78 Å². The third-order valence-corrected chi connectivity index (χ3v) is 6.30. The zero-order chi connectivity index (χ0) is 28.6. The van der Waals surface area contributed by atoms with Crippen molar-refractivity contribution in [1.82, 2.24) is 10.3 Å². The highest BCUT2D eigenvalue weighted by atomic mass is 19.1. The molecule has 9 heteroatoms. The molecule has 1 aromatic heterocycles. The van der Waals surface area contributed by atoms with Crippen molar-refractivity contribution in [2.45, 2.75) is 19.1 Å². The molecule has 0 saturated heterocycles. The molecule has 0 spiro atoms. The van der Waals surface area contributed by atoms with Crippen LogP contribution in [0.15, 0.2) is 103 Å². The fourth-order valence-electron chi connectivity index (χ4n) is 4.24. The number of H-pyrrole nitrogens is 1. The average Bonchev–Trinajstić information content (AvgIpc) is 3.36. The summed E-state index contributed by atoms with van der Waals surface area (Å²) in [6, 6.07) is 25.1. The number of carbonyl (C=O) groups excluding carboxylic acids is 2. The second-order valence-corrected chi connectivity index (χ2v) is 9.37. The number of hydrogen-bond acceptors (Lipinski definition) is 4. The summed E-state index contributed by atoms with van der Waals surface area (Å²) in [5, 5.41) is 6.15. The van der Waals surface area contributed by atoms with Crippen LogP contribution < -0.4 is 15.4 Å². The van der Waals surface area contributed by atoms with Crippen LogP contribution in [0.3, 0.4) is 0 Å². The van der Waals surface area contributed by atoms with Gasteiger partial charge in [0, 0.05) is 22.8 Å². The number of amides is 2. The van der Waals surface area contributed by atoms with Crippen molar-refractivity contribution in [3.05, 3.63) is 126 Å². The zero-order valence-electron chi connectivity index (χ0n) is 21.9. The van der Waals surface area contributed by atoms with E-state index in [1.807, 2.05) is 30.3 Å². The van der Waals surface area contributed by atoms with E-state index in [4.69, 9.17) is 9.47 Å². The molecule has 0 aliphatic heterocycles. The molecule has 0 bridgehead atoms. The number of anilines is 1. The van der Waals surface area contributed by atoms with Gasteiger partial charge in [0.05, 0.1) is 19.6 Å². The molecule has 0 fully saturated rings. The Bertz CT molecular complexity index is 1620. The maximum Gasteiger partial charge on any atom is 0.249 e. The second kappa shape index (κ2) is 12.9. The van der Waals surface area contributed by atoms with Crippen molar-refractivity contribution in [3.8, 4) is 11.5 Å². The average molecular weight is 556 g/mol. The van der Waals surface area contributed by atoms with Crippen molar-refractivity contribution in [3.63, 3.8) is 0 Å². The molecule has 1 atom stereocenters. The van der Waals surface area contributed by atoms with Gasteiger partial charge >= 0.3 is 0 Å². The molecule has 0 aliphatic rings. The molecule has 5 rings (SSSR count). The summed E-state index contributed by atoms with van der Waals surface area (Å²) in [6.07, 6.45) is 1.60. The van der Waals surface area contributed by atoms with Gasteiger partial charge in [-0.15, -0.1) is 0 Å². The van der Waals surface area contributed by atoms with Crippen LogP contribution in [0.1, 0.15) is 11.1 Å². The number of aromatic nitrogens is 1. The Kier molecular flexibility index (Phi) is 8.66. The van der Waals surface area contributed by atoms with E-state index in [-0.39, 0.29) is 25.5 Å². The second-order valence-electron chi connectivity index (χ2n) is 9.37. The fourth-order valence-corrected chi connectivity index (χ4v) is 4.24. The van der Waals surface area contributed by atoms with E-state index in [9.17, 15) is 18.4 Å². The quantitative estimate of drug-likeness (QED) is 0.183. The SMILES string of the molecule is O=C(Cc1c[nH]c2ccc(F)cc12)N[C@@H](COCc1ccccc1)C(=O)Nc1ccc(Oc2ccc(F)cc2)cc1. The Labute approximate surface area is 235 Å². The minimum Gasteiger partial charge on any atom is -0.457 e. The number of aromatic amines is 1. The van der Waals surface area contributed by atoms with Crippen LogP contribution in [-0.2, 0) is 27.4 Å². The van der Waals surface area contributed by atoms with Gasteiger partial charge in [-0.1, -0.05) is 30.3 Å². The van der Waals surface area contributed by atoms with Crippen molar-refractivity contribution in [2.75, 3.05) is 11.9 Å². The summed E-state index contributed by atoms with van der Waals surface area (Å²) in [6.45, 7) is 0.193. The molecule has 208 valence electrons. The summed E-state index contributed by atoms with van der Waals surface area (Å²) in [4.78, 5) is 29.2. The fraction of sp³-hybridized carbons (Fsp3) is 0.125. The summed E-state index contributed by atoms with van der Waals surface area (Å²) < 4.78 is 38.4. The Hall–Kier alpha value is -5.02. The van der Waals surface area contributed by atoms with E-state index in [0.717, 1.165) is 5.56 Å². The zero-order valence-corrected chi connectivity index (χ0v) is 21.9. The Morgan fingerprint density at radius 3 is 2.24 bits per heavy atom. The predicted molar refractivity (Wildman–Crippen MR) is 152 cm³/mol. The molecule has 1 heterocycles. The molecule has 3 N–H and O–H groups in total. The molecule has 0 radical (unpaired) electrons. The van der Waals surface area contributed by atoms with Gasteiger partial charge in [0.1, 0.15) is 29.2 Å². The van der Waals surface area contributed by atoms with Gasteiger partial charge in [0.15, 0.2) is 0 Å². The molecule has 7 nitrogen and oxygen atoms in total. The maximum atomic E-state index is 13.8. The third-order valence-electron chi connectivity index (χ3n) is 6.30. The van der Waals surface area contributed by atoms with E-state index in [2.05, 4.69) is 15.6 Å². The van der Waals surface area contributed by atoms with Crippen LogP contribution >= 0.6 is 0 Å². The van der Waals surface area contributed by atoms with Crippen LogP contribution in [0.25, 0.3) is 10.9 Å². The first-order valence-corrected chi connectivity index (χ1v) is 12.9. The van der Waals surface area contributed by atoms with Crippen LogP contribution in [0.5, 0.6) is 11.5 Å². The lowest BCUT2D eigenvalue weighted by Gasteiger charge is -2.19. The minimum atomic E-state index is -0.997. The molecule has 4 aromatic carbocycles. The number of halogens is 2. The largest absolute Gasteiger partial charge is 0.457 e. The highest BCUT2D eigenvalue weighted by Crippen LogP contribution is 2.23. The first-order chi connectivity index (χ1) is 19.9. The highest BCUT2D eigenvalue weighted by molar-refractivity contribution is 5.98. The molecular weight excluding hydrogens is 528 g/mol. The molecule has 0 unspecified atom stereocenters. The minimum absolute atomic E-state index is 0.0542. The monoisotopic (exact) mass is 555 g/mol. The van der Waals surface area contributed by atoms with E-state index in [1.165, 1.54) is 36.4 Å². The van der Waals surface area contributed by atoms with Gasteiger partial charge in [0.2, 0.25) is 11.8 Å². The molecule has 0 saturated carbocycles. The number of fused-ring (bicyclic) bond motifs is 1. The normalized spacial score (nSPS) is 11.7.